The molecule has 21 heavy (non-hydrogen) atoms. The Hall–Kier alpha value is -1.72. The summed E-state index contributed by atoms with van der Waals surface area (Å²) in [6.45, 7) is 4.45. The number of hydrogen-bond donors (Lipinski definition) is 2. The molecule has 0 unspecified atom stereocenters. The standard InChI is InChI=1S/C16H19FN2OS/c1-2-9-18-10-11-19-16(20)15-8-7-14(21-15)12-3-5-13(17)6-4-12/h3-8,18H,2,9-11H2,1H3,(H,19,20). The van der Waals surface area contributed by atoms with Crippen LogP contribution in [0.5, 0.6) is 0 Å². The maximum Gasteiger partial charge on any atom is 0.261 e. The Morgan fingerprint density at radius 2 is 1.86 bits per heavy atom. The lowest BCUT2D eigenvalue weighted by Gasteiger charge is -2.04. The molecule has 2 N–H and O–H groups in total. The van der Waals surface area contributed by atoms with Crippen LogP contribution in [0, 0.1) is 5.82 Å². The minimum atomic E-state index is -0.257. The van der Waals surface area contributed by atoms with Crippen LogP contribution in [-0.4, -0.2) is 25.5 Å². The lowest BCUT2D eigenvalue weighted by atomic mass is 10.2. The first-order valence-electron chi connectivity index (χ1n) is 7.05. The van der Waals surface area contributed by atoms with Crippen molar-refractivity contribution in [3.8, 4) is 10.4 Å². The molecule has 0 saturated carbocycles. The number of rotatable bonds is 7. The van der Waals surface area contributed by atoms with E-state index >= 15 is 0 Å². The zero-order valence-corrected chi connectivity index (χ0v) is 12.8. The van der Waals surface area contributed by atoms with Crippen molar-refractivity contribution in [2.24, 2.45) is 0 Å². The molecule has 0 saturated heterocycles. The lowest BCUT2D eigenvalue weighted by molar-refractivity contribution is 0.0958. The van der Waals surface area contributed by atoms with E-state index in [1.54, 1.807) is 18.2 Å². The number of thiophene rings is 1. The van der Waals surface area contributed by atoms with Crippen LogP contribution in [0.3, 0.4) is 0 Å². The van der Waals surface area contributed by atoms with E-state index in [9.17, 15) is 9.18 Å². The summed E-state index contributed by atoms with van der Waals surface area (Å²) in [4.78, 5) is 13.6. The van der Waals surface area contributed by atoms with Gasteiger partial charge in [-0.1, -0.05) is 19.1 Å². The summed E-state index contributed by atoms with van der Waals surface area (Å²) in [6.07, 6.45) is 1.08. The Balaban J connectivity index is 1.90. The fourth-order valence-electron chi connectivity index (χ4n) is 1.88. The van der Waals surface area contributed by atoms with E-state index in [0.29, 0.717) is 11.4 Å². The van der Waals surface area contributed by atoms with Crippen molar-refractivity contribution >= 4 is 17.2 Å². The fourth-order valence-corrected chi connectivity index (χ4v) is 2.81. The molecule has 0 aliphatic rings. The van der Waals surface area contributed by atoms with Gasteiger partial charge in [0.05, 0.1) is 4.88 Å². The molecule has 1 aromatic carbocycles. The van der Waals surface area contributed by atoms with Gasteiger partial charge < -0.3 is 10.6 Å². The van der Waals surface area contributed by atoms with E-state index < -0.39 is 0 Å². The van der Waals surface area contributed by atoms with Gasteiger partial charge in [0.15, 0.2) is 0 Å². The van der Waals surface area contributed by atoms with Gasteiger partial charge in [0.1, 0.15) is 5.82 Å². The summed E-state index contributed by atoms with van der Waals surface area (Å²) >= 11 is 1.41. The number of carbonyl (C=O) groups excluding carboxylic acids is 1. The largest absolute Gasteiger partial charge is 0.350 e. The average Bonchev–Trinajstić information content (AvgIpc) is 2.97. The van der Waals surface area contributed by atoms with Crippen molar-refractivity contribution in [3.63, 3.8) is 0 Å². The molecule has 0 spiro atoms. The molecule has 0 aliphatic heterocycles. The SMILES string of the molecule is CCCNCCNC(=O)c1ccc(-c2ccc(F)cc2)s1. The van der Waals surface area contributed by atoms with E-state index in [1.807, 2.05) is 6.07 Å². The number of amides is 1. The summed E-state index contributed by atoms with van der Waals surface area (Å²) < 4.78 is 12.9. The summed E-state index contributed by atoms with van der Waals surface area (Å²) in [5.41, 5.74) is 0.921. The molecular formula is C16H19FN2OS. The Morgan fingerprint density at radius 1 is 1.10 bits per heavy atom. The third-order valence-corrected chi connectivity index (χ3v) is 4.11. The van der Waals surface area contributed by atoms with Gasteiger partial charge in [0.25, 0.3) is 5.91 Å². The van der Waals surface area contributed by atoms with Gasteiger partial charge in [-0.3, -0.25) is 4.79 Å². The second kappa shape index (κ2) is 7.90. The molecule has 0 atom stereocenters. The third kappa shape index (κ3) is 4.65. The van der Waals surface area contributed by atoms with Crippen LogP contribution < -0.4 is 10.6 Å². The number of hydrogen-bond acceptors (Lipinski definition) is 3. The predicted octanol–water partition coefficient (Wildman–Crippen LogP) is 3.28. The van der Waals surface area contributed by atoms with E-state index in [0.717, 1.165) is 30.0 Å². The van der Waals surface area contributed by atoms with Gasteiger partial charge in [-0.25, -0.2) is 4.39 Å². The summed E-state index contributed by atoms with van der Waals surface area (Å²) in [6, 6.07) is 9.98. The predicted molar refractivity (Wildman–Crippen MR) is 85.2 cm³/mol. The van der Waals surface area contributed by atoms with Crippen molar-refractivity contribution in [2.75, 3.05) is 19.6 Å². The minimum Gasteiger partial charge on any atom is -0.350 e. The molecule has 3 nitrogen and oxygen atoms in total. The topological polar surface area (TPSA) is 41.1 Å². The van der Waals surface area contributed by atoms with Crippen molar-refractivity contribution in [2.45, 2.75) is 13.3 Å². The van der Waals surface area contributed by atoms with Crippen molar-refractivity contribution in [3.05, 3.63) is 47.1 Å². The highest BCUT2D eigenvalue weighted by atomic mass is 32.1. The Bertz CT molecular complexity index is 580. The summed E-state index contributed by atoms with van der Waals surface area (Å²) in [5.74, 6) is -0.320. The molecule has 1 heterocycles. The average molecular weight is 306 g/mol. The van der Waals surface area contributed by atoms with Crippen LogP contribution in [0.15, 0.2) is 36.4 Å². The highest BCUT2D eigenvalue weighted by Gasteiger charge is 2.09. The van der Waals surface area contributed by atoms with Crippen LogP contribution in [0.1, 0.15) is 23.0 Å². The van der Waals surface area contributed by atoms with Crippen LogP contribution in [-0.2, 0) is 0 Å². The number of halogens is 1. The van der Waals surface area contributed by atoms with Gasteiger partial charge in [0.2, 0.25) is 0 Å². The van der Waals surface area contributed by atoms with Gasteiger partial charge in [-0.2, -0.15) is 0 Å². The highest BCUT2D eigenvalue weighted by molar-refractivity contribution is 7.17. The van der Waals surface area contributed by atoms with Crippen molar-refractivity contribution in [1.82, 2.24) is 10.6 Å². The highest BCUT2D eigenvalue weighted by Crippen LogP contribution is 2.28. The molecule has 5 heteroatoms. The van der Waals surface area contributed by atoms with Crippen molar-refractivity contribution < 1.29 is 9.18 Å². The van der Waals surface area contributed by atoms with E-state index in [-0.39, 0.29) is 11.7 Å². The molecule has 0 aliphatic carbocycles. The molecule has 1 amide bonds. The van der Waals surface area contributed by atoms with Crippen molar-refractivity contribution in [1.29, 1.82) is 0 Å². The Labute approximate surface area is 128 Å². The zero-order chi connectivity index (χ0) is 15.1. The Morgan fingerprint density at radius 3 is 2.57 bits per heavy atom. The molecule has 0 fully saturated rings. The van der Waals surface area contributed by atoms with Gasteiger partial charge in [-0.15, -0.1) is 11.3 Å². The first kappa shape index (κ1) is 15.7. The minimum absolute atomic E-state index is 0.0633. The van der Waals surface area contributed by atoms with Crippen LogP contribution in [0.2, 0.25) is 0 Å². The summed E-state index contributed by atoms with van der Waals surface area (Å²) in [5, 5.41) is 6.11. The van der Waals surface area contributed by atoms with E-state index in [2.05, 4.69) is 17.6 Å². The van der Waals surface area contributed by atoms with Crippen LogP contribution in [0.4, 0.5) is 4.39 Å². The van der Waals surface area contributed by atoms with Gasteiger partial charge in [-0.05, 0) is 42.8 Å². The molecule has 0 radical (unpaired) electrons. The number of nitrogens with one attached hydrogen (secondary N) is 2. The second-order valence-corrected chi connectivity index (χ2v) is 5.76. The van der Waals surface area contributed by atoms with Crippen LogP contribution in [0.25, 0.3) is 10.4 Å². The van der Waals surface area contributed by atoms with Gasteiger partial charge in [0, 0.05) is 18.0 Å². The van der Waals surface area contributed by atoms with Gasteiger partial charge >= 0.3 is 0 Å². The maximum absolute atomic E-state index is 12.9. The third-order valence-electron chi connectivity index (χ3n) is 2.97. The normalized spacial score (nSPS) is 10.6. The fraction of sp³-hybridized carbons (Fsp3) is 0.312. The molecular weight excluding hydrogens is 287 g/mol. The first-order chi connectivity index (χ1) is 10.2. The van der Waals surface area contributed by atoms with E-state index in [4.69, 9.17) is 0 Å². The monoisotopic (exact) mass is 306 g/mol. The maximum atomic E-state index is 12.9. The lowest BCUT2D eigenvalue weighted by Crippen LogP contribution is -2.31. The van der Waals surface area contributed by atoms with Crippen LogP contribution >= 0.6 is 11.3 Å². The van der Waals surface area contributed by atoms with E-state index in [1.165, 1.54) is 23.5 Å². The smallest absolute Gasteiger partial charge is 0.261 e. The second-order valence-electron chi connectivity index (χ2n) is 4.68. The molecule has 0 bridgehead atoms. The molecule has 2 aromatic rings. The Kier molecular flexibility index (Phi) is 5.90. The number of carbonyl (C=O) groups is 1. The summed E-state index contributed by atoms with van der Waals surface area (Å²) in [7, 11) is 0. The quantitative estimate of drug-likeness (QED) is 0.771. The molecule has 112 valence electrons. The zero-order valence-electron chi connectivity index (χ0n) is 12.0. The molecule has 2 rings (SSSR count). The first-order valence-corrected chi connectivity index (χ1v) is 7.87. The molecule has 1 aromatic heterocycles. The number of benzene rings is 1.